The highest BCUT2D eigenvalue weighted by Gasteiger charge is 2.22. The Morgan fingerprint density at radius 3 is 2.27 bits per heavy atom. The Morgan fingerprint density at radius 1 is 0.977 bits per heavy atom. The maximum absolute atomic E-state index is 13.0. The van der Waals surface area contributed by atoms with Gasteiger partial charge in [0.15, 0.2) is 5.88 Å². The maximum atomic E-state index is 13.0. The summed E-state index contributed by atoms with van der Waals surface area (Å²) in [5.74, 6) is -0.796. The molecule has 0 atom stereocenters. The van der Waals surface area contributed by atoms with Gasteiger partial charge in [0.2, 0.25) is 11.8 Å². The van der Waals surface area contributed by atoms with Gasteiger partial charge in [-0.1, -0.05) is 12.1 Å². The molecule has 2 heterocycles. The van der Waals surface area contributed by atoms with Gasteiger partial charge < -0.3 is 29.9 Å². The van der Waals surface area contributed by atoms with Crippen molar-refractivity contribution in [3.63, 3.8) is 0 Å². The minimum atomic E-state index is -0.501. The number of carbonyl (C=O) groups excluding carboxylic acids is 3. The summed E-state index contributed by atoms with van der Waals surface area (Å²) in [6, 6.07) is 19.4. The molecule has 0 radical (unpaired) electrons. The summed E-state index contributed by atoms with van der Waals surface area (Å²) in [4.78, 5) is 50.8. The Bertz CT molecular complexity index is 1700. The van der Waals surface area contributed by atoms with E-state index in [4.69, 9.17) is 9.73 Å². The molecule has 1 aliphatic heterocycles. The third kappa shape index (κ3) is 6.80. The van der Waals surface area contributed by atoms with Crippen LogP contribution >= 0.6 is 0 Å². The second-order valence-electron chi connectivity index (χ2n) is 10.9. The Morgan fingerprint density at radius 2 is 1.64 bits per heavy atom. The number of amides is 2. The number of nitrogens with one attached hydrogen (secondary N) is 2. The summed E-state index contributed by atoms with van der Waals surface area (Å²) in [5, 5.41) is 14.4. The second-order valence-corrected chi connectivity index (χ2v) is 10.9. The third-order valence-electron chi connectivity index (χ3n) is 7.72. The number of carbonyl (C=O) groups is 3. The molecule has 228 valence electrons. The van der Waals surface area contributed by atoms with E-state index in [1.165, 1.54) is 14.0 Å². The number of benzene rings is 3. The van der Waals surface area contributed by atoms with Crippen LogP contribution in [0.25, 0.3) is 10.9 Å². The quantitative estimate of drug-likeness (QED) is 0.207. The number of nitrogens with zero attached hydrogens (tertiary/aromatic N) is 4. The molecule has 3 aromatic carbocycles. The van der Waals surface area contributed by atoms with Gasteiger partial charge in [0.05, 0.1) is 36.2 Å². The number of ether oxygens (including phenoxy) is 1. The summed E-state index contributed by atoms with van der Waals surface area (Å²) in [7, 11) is 5.16. The number of piperazine rings is 1. The van der Waals surface area contributed by atoms with Crippen molar-refractivity contribution in [1.82, 2.24) is 14.8 Å². The number of hydrogen-bond acceptors (Lipinski definition) is 8. The average Bonchev–Trinajstić information content (AvgIpc) is 3.35. The number of fused-ring (bicyclic) bond motifs is 1. The van der Waals surface area contributed by atoms with Crippen LogP contribution < -0.4 is 10.2 Å². The first-order valence-electron chi connectivity index (χ1n) is 14.3. The van der Waals surface area contributed by atoms with Crippen molar-refractivity contribution < 1.29 is 24.2 Å². The van der Waals surface area contributed by atoms with Crippen LogP contribution in [-0.4, -0.2) is 97.3 Å². The average molecular weight is 597 g/mol. The van der Waals surface area contributed by atoms with Gasteiger partial charge in [-0.2, -0.15) is 0 Å². The minimum absolute atomic E-state index is 0.0101. The van der Waals surface area contributed by atoms with Crippen LogP contribution in [0.15, 0.2) is 71.7 Å². The van der Waals surface area contributed by atoms with Crippen molar-refractivity contribution in [2.45, 2.75) is 6.92 Å². The van der Waals surface area contributed by atoms with Crippen LogP contribution in [0.5, 0.6) is 5.88 Å². The standard InChI is InChI=1S/C33H36N6O5/c1-21(40)34-24-8-5-22(6-9-24)31(30-27-19-23(33(43)44-4)7-14-28(27)36-32(30)42)35-25-10-12-26(13-11-25)38(3)29(41)20-39-17-15-37(2)16-18-39/h5-14,19,36,42H,15-18,20H2,1-4H3,(H,34,40). The zero-order valence-electron chi connectivity index (χ0n) is 25.3. The molecular formula is C33H36N6O5. The summed E-state index contributed by atoms with van der Waals surface area (Å²) in [6.07, 6.45) is 0. The van der Waals surface area contributed by atoms with Gasteiger partial charge >= 0.3 is 5.97 Å². The van der Waals surface area contributed by atoms with Gasteiger partial charge in [0.25, 0.3) is 0 Å². The van der Waals surface area contributed by atoms with E-state index in [0.29, 0.717) is 51.2 Å². The van der Waals surface area contributed by atoms with Gasteiger partial charge in [0, 0.05) is 68.0 Å². The Labute approximate surface area is 255 Å². The molecule has 1 aliphatic rings. The highest BCUT2D eigenvalue weighted by Crippen LogP contribution is 2.33. The number of likely N-dealkylation sites (N-methyl/N-ethyl adjacent to an activating group) is 2. The smallest absolute Gasteiger partial charge is 0.337 e. The van der Waals surface area contributed by atoms with Crippen LogP contribution in [0.2, 0.25) is 0 Å². The third-order valence-corrected chi connectivity index (χ3v) is 7.72. The van der Waals surface area contributed by atoms with Crippen molar-refractivity contribution in [3.8, 4) is 5.88 Å². The zero-order chi connectivity index (χ0) is 31.4. The number of aromatic amines is 1. The van der Waals surface area contributed by atoms with Gasteiger partial charge in [0.1, 0.15) is 0 Å². The predicted molar refractivity (Wildman–Crippen MR) is 171 cm³/mol. The molecule has 2 amide bonds. The monoisotopic (exact) mass is 596 g/mol. The Balaban J connectivity index is 1.50. The van der Waals surface area contributed by atoms with Crippen LogP contribution in [0.3, 0.4) is 0 Å². The van der Waals surface area contributed by atoms with Gasteiger partial charge in [-0.3, -0.25) is 14.5 Å². The first-order valence-corrected chi connectivity index (χ1v) is 14.3. The largest absolute Gasteiger partial charge is 0.494 e. The minimum Gasteiger partial charge on any atom is -0.494 e. The van der Waals surface area contributed by atoms with Crippen molar-refractivity contribution in [2.24, 2.45) is 4.99 Å². The van der Waals surface area contributed by atoms with E-state index in [9.17, 15) is 19.5 Å². The summed E-state index contributed by atoms with van der Waals surface area (Å²) >= 11 is 0. The van der Waals surface area contributed by atoms with Crippen LogP contribution in [-0.2, 0) is 14.3 Å². The summed E-state index contributed by atoms with van der Waals surface area (Å²) in [5.41, 5.74) is 4.40. The first-order chi connectivity index (χ1) is 21.1. The Hall–Kier alpha value is -5.00. The lowest BCUT2D eigenvalue weighted by Gasteiger charge is -2.32. The van der Waals surface area contributed by atoms with Crippen molar-refractivity contribution >= 4 is 51.5 Å². The number of esters is 1. The van der Waals surface area contributed by atoms with Crippen molar-refractivity contribution in [2.75, 3.05) is 64.1 Å². The molecule has 0 saturated carbocycles. The maximum Gasteiger partial charge on any atom is 0.337 e. The first kappa shape index (κ1) is 30.5. The van der Waals surface area contributed by atoms with E-state index in [-0.39, 0.29) is 17.7 Å². The molecule has 0 bridgehead atoms. The number of aliphatic imine (C=N–C) groups is 1. The number of rotatable bonds is 8. The highest BCUT2D eigenvalue weighted by atomic mass is 16.5. The van der Waals surface area contributed by atoms with E-state index in [0.717, 1.165) is 31.9 Å². The summed E-state index contributed by atoms with van der Waals surface area (Å²) in [6.45, 7) is 5.40. The highest BCUT2D eigenvalue weighted by molar-refractivity contribution is 6.22. The fraction of sp³-hybridized carbons (Fsp3) is 0.273. The molecule has 11 heteroatoms. The molecule has 4 aromatic rings. The number of H-pyrrole nitrogens is 1. The van der Waals surface area contributed by atoms with E-state index < -0.39 is 5.97 Å². The molecule has 0 unspecified atom stereocenters. The zero-order valence-corrected chi connectivity index (χ0v) is 25.3. The van der Waals surface area contributed by atoms with Crippen LogP contribution in [0, 0.1) is 0 Å². The van der Waals surface area contributed by atoms with Gasteiger partial charge in [-0.05, 0) is 61.6 Å². The number of methoxy groups -OCH3 is 1. The second kappa shape index (κ2) is 13.1. The lowest BCUT2D eigenvalue weighted by molar-refractivity contribution is -0.119. The molecule has 0 spiro atoms. The molecule has 11 nitrogen and oxygen atoms in total. The van der Waals surface area contributed by atoms with Crippen molar-refractivity contribution in [3.05, 3.63) is 83.4 Å². The van der Waals surface area contributed by atoms with Gasteiger partial charge in [-0.15, -0.1) is 0 Å². The summed E-state index contributed by atoms with van der Waals surface area (Å²) < 4.78 is 4.90. The van der Waals surface area contributed by atoms with Crippen molar-refractivity contribution in [1.29, 1.82) is 0 Å². The molecule has 1 fully saturated rings. The molecule has 3 N–H and O–H groups in total. The SMILES string of the molecule is COC(=O)c1ccc2[nH]c(O)c(C(=Nc3ccc(N(C)C(=O)CN4CCN(C)CC4)cc3)c3ccc(NC(C)=O)cc3)c2c1. The fourth-order valence-electron chi connectivity index (χ4n) is 5.17. The Kier molecular flexibility index (Phi) is 9.07. The fourth-order valence-corrected chi connectivity index (χ4v) is 5.17. The number of hydrogen-bond donors (Lipinski definition) is 3. The number of aromatic nitrogens is 1. The molecular weight excluding hydrogens is 560 g/mol. The van der Waals surface area contributed by atoms with E-state index in [1.807, 2.05) is 24.3 Å². The number of anilines is 2. The molecule has 44 heavy (non-hydrogen) atoms. The lowest BCUT2D eigenvalue weighted by atomic mass is 9.99. The molecule has 1 saturated heterocycles. The van der Waals surface area contributed by atoms with E-state index in [2.05, 4.69) is 27.1 Å². The topological polar surface area (TPSA) is 131 Å². The van der Waals surface area contributed by atoms with E-state index in [1.54, 1.807) is 54.4 Å². The molecule has 0 aliphatic carbocycles. The molecule has 5 rings (SSSR count). The van der Waals surface area contributed by atoms with E-state index >= 15 is 0 Å². The van der Waals surface area contributed by atoms with Gasteiger partial charge in [-0.25, -0.2) is 9.79 Å². The van der Waals surface area contributed by atoms with Crippen LogP contribution in [0.4, 0.5) is 17.1 Å². The predicted octanol–water partition coefficient (Wildman–Crippen LogP) is 4.00. The lowest BCUT2D eigenvalue weighted by Crippen LogP contribution is -2.48. The molecule has 1 aromatic heterocycles. The van der Waals surface area contributed by atoms with Crippen LogP contribution in [0.1, 0.15) is 28.4 Å². The normalized spacial score (nSPS) is 14.4. The number of aromatic hydroxyl groups is 1.